The van der Waals surface area contributed by atoms with Crippen LogP contribution in [-0.4, -0.2) is 17.3 Å². The molecule has 0 fully saturated rings. The minimum absolute atomic E-state index is 0.187. The summed E-state index contributed by atoms with van der Waals surface area (Å²) in [7, 11) is 0. The molecule has 0 heterocycles. The van der Waals surface area contributed by atoms with E-state index in [1.54, 1.807) is 6.92 Å². The van der Waals surface area contributed by atoms with Gasteiger partial charge in [-0.15, -0.1) is 0 Å². The van der Waals surface area contributed by atoms with Gasteiger partial charge in [0.15, 0.2) is 0 Å². The Morgan fingerprint density at radius 2 is 1.94 bits per heavy atom. The molecule has 1 aromatic rings. The van der Waals surface area contributed by atoms with E-state index in [1.165, 1.54) is 5.56 Å². The molecule has 0 saturated carbocycles. The number of Topliss-reactive ketones (excluding diaryl/α,β-unsaturated/α-hetero) is 1. The molecular weight excluding hydrogens is 218 g/mol. The number of nitrogens with one attached hydrogen (secondary N) is 1. The molecule has 1 N–H and O–H groups in total. The number of hydrogen-bond acceptors (Lipinski definition) is 2. The highest BCUT2D eigenvalue weighted by molar-refractivity contribution is 7.80. The smallest absolute Gasteiger partial charge is 0.130 e. The molecule has 0 spiro atoms. The van der Waals surface area contributed by atoms with Crippen molar-refractivity contribution in [3.63, 3.8) is 0 Å². The molecule has 16 heavy (non-hydrogen) atoms. The van der Waals surface area contributed by atoms with E-state index in [0.717, 1.165) is 18.0 Å². The van der Waals surface area contributed by atoms with Gasteiger partial charge in [-0.3, -0.25) is 0 Å². The Morgan fingerprint density at radius 1 is 1.25 bits per heavy atom. The summed E-state index contributed by atoms with van der Waals surface area (Å²) in [6.45, 7) is 2.42. The van der Waals surface area contributed by atoms with Crippen molar-refractivity contribution in [1.82, 2.24) is 5.32 Å². The van der Waals surface area contributed by atoms with Crippen molar-refractivity contribution in [2.24, 2.45) is 0 Å². The third-order valence-corrected chi connectivity index (χ3v) is 2.63. The SMILES string of the molecule is CC(=O)CCC(=S)NCCc1ccccc1. The van der Waals surface area contributed by atoms with Gasteiger partial charge < -0.3 is 10.1 Å². The van der Waals surface area contributed by atoms with Gasteiger partial charge in [0.05, 0.1) is 4.99 Å². The number of benzene rings is 1. The molecule has 0 unspecified atom stereocenters. The summed E-state index contributed by atoms with van der Waals surface area (Å²) in [6, 6.07) is 10.3. The van der Waals surface area contributed by atoms with Crippen LogP contribution in [0.5, 0.6) is 0 Å². The lowest BCUT2D eigenvalue weighted by molar-refractivity contribution is -0.116. The monoisotopic (exact) mass is 235 g/mol. The number of ketones is 1. The summed E-state index contributed by atoms with van der Waals surface area (Å²) < 4.78 is 0. The predicted octanol–water partition coefficient (Wildman–Crippen LogP) is 2.52. The van der Waals surface area contributed by atoms with Crippen LogP contribution in [0.3, 0.4) is 0 Å². The van der Waals surface area contributed by atoms with Crippen LogP contribution >= 0.6 is 12.2 Å². The van der Waals surface area contributed by atoms with E-state index in [0.29, 0.717) is 12.8 Å². The second-order valence-corrected chi connectivity index (χ2v) is 4.28. The molecule has 1 rings (SSSR count). The Bertz CT molecular complexity index is 348. The van der Waals surface area contributed by atoms with Crippen molar-refractivity contribution < 1.29 is 4.79 Å². The van der Waals surface area contributed by atoms with E-state index in [4.69, 9.17) is 12.2 Å². The molecule has 0 atom stereocenters. The molecule has 0 aliphatic carbocycles. The lowest BCUT2D eigenvalue weighted by Gasteiger charge is -2.06. The molecule has 0 aliphatic rings. The number of hydrogen-bond donors (Lipinski definition) is 1. The van der Waals surface area contributed by atoms with E-state index >= 15 is 0 Å². The molecule has 1 aromatic carbocycles. The number of carbonyl (C=O) groups excluding carboxylic acids is 1. The quantitative estimate of drug-likeness (QED) is 0.768. The van der Waals surface area contributed by atoms with E-state index < -0.39 is 0 Å². The van der Waals surface area contributed by atoms with E-state index in [1.807, 2.05) is 18.2 Å². The fourth-order valence-corrected chi connectivity index (χ4v) is 1.57. The van der Waals surface area contributed by atoms with Crippen molar-refractivity contribution in [3.05, 3.63) is 35.9 Å². The first-order chi connectivity index (χ1) is 7.68. The number of carbonyl (C=O) groups is 1. The standard InChI is InChI=1S/C13H17NOS/c1-11(15)7-8-13(16)14-10-9-12-5-3-2-4-6-12/h2-6H,7-10H2,1H3,(H,14,16). The summed E-state index contributed by atoms with van der Waals surface area (Å²) in [5.74, 6) is 0.187. The molecule has 0 saturated heterocycles. The highest BCUT2D eigenvalue weighted by Crippen LogP contribution is 1.99. The highest BCUT2D eigenvalue weighted by Gasteiger charge is 1.99. The summed E-state index contributed by atoms with van der Waals surface area (Å²) in [5.41, 5.74) is 1.30. The fraction of sp³-hybridized carbons (Fsp3) is 0.385. The van der Waals surface area contributed by atoms with Gasteiger partial charge in [-0.1, -0.05) is 42.5 Å². The van der Waals surface area contributed by atoms with Gasteiger partial charge >= 0.3 is 0 Å². The fourth-order valence-electron chi connectivity index (χ4n) is 1.37. The molecule has 0 bridgehead atoms. The molecule has 0 aliphatic heterocycles. The molecule has 0 radical (unpaired) electrons. The van der Waals surface area contributed by atoms with Crippen molar-refractivity contribution in [2.75, 3.05) is 6.54 Å². The van der Waals surface area contributed by atoms with Crippen molar-refractivity contribution in [1.29, 1.82) is 0 Å². The molecule has 0 amide bonds. The van der Waals surface area contributed by atoms with Crippen LogP contribution in [0.1, 0.15) is 25.3 Å². The van der Waals surface area contributed by atoms with Crippen molar-refractivity contribution in [3.8, 4) is 0 Å². The average molecular weight is 235 g/mol. The van der Waals surface area contributed by atoms with Gasteiger partial charge in [0.25, 0.3) is 0 Å². The first kappa shape index (κ1) is 12.8. The van der Waals surface area contributed by atoms with Gasteiger partial charge in [0, 0.05) is 19.4 Å². The van der Waals surface area contributed by atoms with E-state index in [2.05, 4.69) is 17.4 Å². The summed E-state index contributed by atoms with van der Waals surface area (Å²) in [5, 5.41) is 3.17. The van der Waals surface area contributed by atoms with Crippen LogP contribution in [0.4, 0.5) is 0 Å². The van der Waals surface area contributed by atoms with Crippen LogP contribution in [0.25, 0.3) is 0 Å². The third kappa shape index (κ3) is 5.61. The Hall–Kier alpha value is -1.22. The first-order valence-electron chi connectivity index (χ1n) is 5.48. The van der Waals surface area contributed by atoms with Gasteiger partial charge in [-0.25, -0.2) is 0 Å². The zero-order valence-corrected chi connectivity index (χ0v) is 10.3. The molecule has 3 heteroatoms. The lowest BCUT2D eigenvalue weighted by atomic mass is 10.1. The minimum atomic E-state index is 0.187. The summed E-state index contributed by atoms with van der Waals surface area (Å²) >= 11 is 5.12. The second kappa shape index (κ2) is 7.12. The summed E-state index contributed by atoms with van der Waals surface area (Å²) in [4.78, 5) is 11.5. The molecule has 2 nitrogen and oxygen atoms in total. The average Bonchev–Trinajstić information content (AvgIpc) is 2.28. The van der Waals surface area contributed by atoms with Gasteiger partial charge in [-0.2, -0.15) is 0 Å². The zero-order chi connectivity index (χ0) is 11.8. The Labute approximate surface area is 102 Å². The van der Waals surface area contributed by atoms with Crippen LogP contribution in [-0.2, 0) is 11.2 Å². The topological polar surface area (TPSA) is 29.1 Å². The maximum Gasteiger partial charge on any atom is 0.130 e. The minimum Gasteiger partial charge on any atom is -0.379 e. The van der Waals surface area contributed by atoms with Crippen molar-refractivity contribution in [2.45, 2.75) is 26.2 Å². The second-order valence-electron chi connectivity index (χ2n) is 3.79. The Morgan fingerprint density at radius 3 is 2.56 bits per heavy atom. The molecule has 86 valence electrons. The van der Waals surface area contributed by atoms with Gasteiger partial charge in [0.2, 0.25) is 0 Å². The lowest BCUT2D eigenvalue weighted by Crippen LogP contribution is -2.24. The molecule has 0 aromatic heterocycles. The summed E-state index contributed by atoms with van der Waals surface area (Å²) in [6.07, 6.45) is 2.16. The zero-order valence-electron chi connectivity index (χ0n) is 9.53. The van der Waals surface area contributed by atoms with Gasteiger partial charge in [0.1, 0.15) is 5.78 Å². The Balaban J connectivity index is 2.16. The third-order valence-electron chi connectivity index (χ3n) is 2.28. The maximum absolute atomic E-state index is 10.8. The number of rotatable bonds is 6. The van der Waals surface area contributed by atoms with Crippen LogP contribution in [0, 0.1) is 0 Å². The normalized spacial score (nSPS) is 9.81. The first-order valence-corrected chi connectivity index (χ1v) is 5.89. The Kier molecular flexibility index (Phi) is 5.72. The van der Waals surface area contributed by atoms with Gasteiger partial charge in [-0.05, 0) is 18.9 Å². The van der Waals surface area contributed by atoms with Crippen LogP contribution in [0.2, 0.25) is 0 Å². The maximum atomic E-state index is 10.8. The number of thiocarbonyl (C=S) groups is 1. The van der Waals surface area contributed by atoms with E-state index in [-0.39, 0.29) is 5.78 Å². The van der Waals surface area contributed by atoms with Crippen molar-refractivity contribution >= 4 is 23.0 Å². The van der Waals surface area contributed by atoms with Crippen LogP contribution in [0.15, 0.2) is 30.3 Å². The van der Waals surface area contributed by atoms with E-state index in [9.17, 15) is 4.79 Å². The highest BCUT2D eigenvalue weighted by atomic mass is 32.1. The largest absolute Gasteiger partial charge is 0.379 e. The predicted molar refractivity (Wildman–Crippen MR) is 70.7 cm³/mol. The van der Waals surface area contributed by atoms with Crippen LogP contribution < -0.4 is 5.32 Å². The molecular formula is C13H17NOS.